The van der Waals surface area contributed by atoms with Crippen LogP contribution in [0.2, 0.25) is 19.6 Å². The molecule has 172 valence electrons. The molecule has 0 aromatic rings. The first-order chi connectivity index (χ1) is 12.0. The third-order valence-corrected chi connectivity index (χ3v) is 7.28. The van der Waals surface area contributed by atoms with Crippen molar-refractivity contribution in [1.82, 2.24) is 0 Å². The van der Waals surface area contributed by atoms with Crippen molar-refractivity contribution >= 4 is 28.4 Å². The van der Waals surface area contributed by atoms with Gasteiger partial charge >= 0.3 is 11.0 Å². The number of likely N-dealkylation sites (N-methyl/N-ethyl adjacent to an activating group) is 1. The van der Waals surface area contributed by atoms with Gasteiger partial charge in [-0.1, -0.05) is 0 Å². The van der Waals surface area contributed by atoms with Crippen LogP contribution in [0, 0.1) is 0 Å². The fourth-order valence-electron chi connectivity index (χ4n) is 1.33. The Bertz CT molecular complexity index is 641. The lowest BCUT2D eigenvalue weighted by Crippen LogP contribution is -2.47. The number of alkyl halides is 6. The van der Waals surface area contributed by atoms with Crippen molar-refractivity contribution in [1.29, 1.82) is 0 Å². The van der Waals surface area contributed by atoms with Crippen LogP contribution >= 0.6 is 0 Å². The third-order valence-electron chi connectivity index (χ3n) is 3.47. The van der Waals surface area contributed by atoms with Gasteiger partial charge in [0.15, 0.2) is 28.4 Å². The van der Waals surface area contributed by atoms with Gasteiger partial charge in [0.1, 0.15) is 6.54 Å². The molecule has 0 radical (unpaired) electrons. The molecule has 0 fully saturated rings. The number of nitrogens with zero attached hydrogens (tertiary/aromatic N) is 2. The summed E-state index contributed by atoms with van der Waals surface area (Å²) in [5.74, 6) is 0. The van der Waals surface area contributed by atoms with Gasteiger partial charge in [-0.2, -0.15) is 26.3 Å². The SMILES string of the molecule is CC[N+](C)(CC)CCO[Si](C)(C)C.O=S(=O)([N-]S(=O)(=O)C(F)(F)F)C(F)(F)F. The van der Waals surface area contributed by atoms with E-state index in [1.807, 2.05) is 0 Å². The molecule has 0 saturated heterocycles. The van der Waals surface area contributed by atoms with Gasteiger partial charge < -0.3 is 13.0 Å². The van der Waals surface area contributed by atoms with E-state index in [-0.39, 0.29) is 0 Å². The molecular formula is C12H26F6N2O5S2Si. The van der Waals surface area contributed by atoms with Crippen molar-refractivity contribution in [2.24, 2.45) is 0 Å². The normalized spacial score (nSPS) is 14.4. The summed E-state index contributed by atoms with van der Waals surface area (Å²) in [5, 5.41) is 0. The molecule has 0 aromatic carbocycles. The van der Waals surface area contributed by atoms with Gasteiger partial charge in [0, 0.05) is 0 Å². The maximum absolute atomic E-state index is 11.4. The van der Waals surface area contributed by atoms with Crippen molar-refractivity contribution in [2.75, 3.05) is 33.3 Å². The van der Waals surface area contributed by atoms with E-state index in [0.717, 1.165) is 21.8 Å². The number of rotatable bonds is 8. The van der Waals surface area contributed by atoms with Crippen LogP contribution in [0.4, 0.5) is 26.3 Å². The van der Waals surface area contributed by atoms with Crippen LogP contribution in [0.1, 0.15) is 13.8 Å². The monoisotopic (exact) mass is 484 g/mol. The van der Waals surface area contributed by atoms with E-state index in [1.165, 1.54) is 13.1 Å². The molecule has 0 aromatic heterocycles. The van der Waals surface area contributed by atoms with Crippen molar-refractivity contribution in [3.05, 3.63) is 4.13 Å². The number of sulfonamides is 2. The first kappa shape index (κ1) is 29.8. The van der Waals surface area contributed by atoms with Crippen molar-refractivity contribution in [3.63, 3.8) is 0 Å². The van der Waals surface area contributed by atoms with E-state index >= 15 is 0 Å². The van der Waals surface area contributed by atoms with Gasteiger partial charge in [-0.15, -0.1) is 0 Å². The number of hydrogen-bond acceptors (Lipinski definition) is 5. The Labute approximate surface area is 162 Å². The highest BCUT2D eigenvalue weighted by atomic mass is 32.3. The number of quaternary nitrogens is 1. The Morgan fingerprint density at radius 3 is 1.39 bits per heavy atom. The van der Waals surface area contributed by atoms with Crippen molar-refractivity contribution < 1.29 is 52.1 Å². The second kappa shape index (κ2) is 10.1. The average Bonchev–Trinajstić information content (AvgIpc) is 2.43. The van der Waals surface area contributed by atoms with E-state index < -0.39 is 39.4 Å². The highest BCUT2D eigenvalue weighted by Gasteiger charge is 2.46. The van der Waals surface area contributed by atoms with Gasteiger partial charge in [0.2, 0.25) is 0 Å². The first-order valence-corrected chi connectivity index (χ1v) is 14.2. The summed E-state index contributed by atoms with van der Waals surface area (Å²) in [4.78, 5) is 0. The van der Waals surface area contributed by atoms with Crippen LogP contribution in [0.15, 0.2) is 0 Å². The molecule has 0 heterocycles. The summed E-state index contributed by atoms with van der Waals surface area (Å²) < 4.78 is 116. The molecule has 0 atom stereocenters. The molecule has 0 amide bonds. The standard InChI is InChI=1S/C10H26NOSi.C2F6NO4S2/c1-7-11(3,8-2)9-10-12-13(4,5)6;3-1(4,5)14(10,11)9-15(12,13)2(6,7)8/h7-10H2,1-6H3;/q+1;-1. The molecule has 0 spiro atoms. The molecule has 0 N–H and O–H groups in total. The van der Waals surface area contributed by atoms with Crippen LogP contribution in [0.25, 0.3) is 4.13 Å². The minimum atomic E-state index is -6.72. The van der Waals surface area contributed by atoms with Gasteiger partial charge in [-0.3, -0.25) is 0 Å². The Morgan fingerprint density at radius 2 is 1.18 bits per heavy atom. The van der Waals surface area contributed by atoms with Gasteiger partial charge in [-0.25, -0.2) is 16.8 Å². The quantitative estimate of drug-likeness (QED) is 0.299. The van der Waals surface area contributed by atoms with Gasteiger partial charge in [-0.05, 0) is 33.5 Å². The second-order valence-corrected chi connectivity index (χ2v) is 14.8. The molecule has 0 bridgehead atoms. The Kier molecular flexibility index (Phi) is 10.7. The highest BCUT2D eigenvalue weighted by molar-refractivity contribution is 8.13. The summed E-state index contributed by atoms with van der Waals surface area (Å²) in [6.45, 7) is 15.7. The zero-order chi connectivity index (χ0) is 23.2. The fourth-order valence-corrected chi connectivity index (χ4v) is 3.74. The topological polar surface area (TPSA) is 91.6 Å². The molecule has 0 unspecified atom stereocenters. The molecule has 7 nitrogen and oxygen atoms in total. The second-order valence-electron chi connectivity index (χ2n) is 6.85. The number of hydrogen-bond donors (Lipinski definition) is 0. The molecule has 16 heteroatoms. The molecule has 0 aliphatic heterocycles. The maximum Gasteiger partial charge on any atom is 0.480 e. The molecule has 28 heavy (non-hydrogen) atoms. The van der Waals surface area contributed by atoms with Gasteiger partial charge in [0.25, 0.3) is 0 Å². The highest BCUT2D eigenvalue weighted by Crippen LogP contribution is 2.36. The summed E-state index contributed by atoms with van der Waals surface area (Å²) in [6, 6.07) is 0. The predicted octanol–water partition coefficient (Wildman–Crippen LogP) is 3.38. The molecule has 0 aliphatic rings. The van der Waals surface area contributed by atoms with Crippen molar-refractivity contribution in [3.8, 4) is 0 Å². The van der Waals surface area contributed by atoms with Crippen LogP contribution in [0.3, 0.4) is 0 Å². The largest absolute Gasteiger partial charge is 0.480 e. The van der Waals surface area contributed by atoms with E-state index in [1.54, 1.807) is 0 Å². The Balaban J connectivity index is 0. The van der Waals surface area contributed by atoms with Crippen LogP contribution in [0.5, 0.6) is 0 Å². The maximum atomic E-state index is 11.4. The predicted molar refractivity (Wildman–Crippen MR) is 94.7 cm³/mol. The van der Waals surface area contributed by atoms with E-state index in [4.69, 9.17) is 4.43 Å². The molecule has 0 aliphatic carbocycles. The zero-order valence-corrected chi connectivity index (χ0v) is 19.0. The van der Waals surface area contributed by atoms with Crippen LogP contribution < -0.4 is 0 Å². The molecule has 0 rings (SSSR count). The minimum Gasteiger partial charge on any atom is -0.421 e. The Hall–Kier alpha value is -0.423. The lowest BCUT2D eigenvalue weighted by atomic mass is 10.4. The van der Waals surface area contributed by atoms with E-state index in [0.29, 0.717) is 0 Å². The van der Waals surface area contributed by atoms with Crippen LogP contribution in [-0.2, 0) is 24.5 Å². The van der Waals surface area contributed by atoms with E-state index in [9.17, 15) is 43.2 Å². The average molecular weight is 485 g/mol. The van der Waals surface area contributed by atoms with E-state index in [2.05, 4.69) is 40.5 Å². The fraction of sp³-hybridized carbons (Fsp3) is 1.00. The minimum absolute atomic E-state index is 0.778. The van der Waals surface area contributed by atoms with Crippen LogP contribution in [-0.4, -0.2) is 73.9 Å². The molecule has 0 saturated carbocycles. The summed E-state index contributed by atoms with van der Waals surface area (Å²) in [7, 11) is -12.4. The Morgan fingerprint density at radius 1 is 0.857 bits per heavy atom. The van der Waals surface area contributed by atoms with Gasteiger partial charge in [0.05, 0.1) is 26.7 Å². The summed E-state index contributed by atoms with van der Waals surface area (Å²) in [5.41, 5.74) is -12.4. The lowest BCUT2D eigenvalue weighted by Gasteiger charge is -2.33. The lowest BCUT2D eigenvalue weighted by molar-refractivity contribution is -0.906. The smallest absolute Gasteiger partial charge is 0.421 e. The summed E-state index contributed by atoms with van der Waals surface area (Å²) in [6.07, 6.45) is 0. The third kappa shape index (κ3) is 10.9. The molecular weight excluding hydrogens is 458 g/mol. The van der Waals surface area contributed by atoms with Crippen molar-refractivity contribution in [2.45, 2.75) is 44.5 Å². The number of halogens is 6. The first-order valence-electron chi connectivity index (χ1n) is 7.88. The summed E-state index contributed by atoms with van der Waals surface area (Å²) >= 11 is 0. The zero-order valence-electron chi connectivity index (χ0n) is 16.3.